The van der Waals surface area contributed by atoms with Crippen molar-refractivity contribution in [1.82, 2.24) is 25.1 Å². The van der Waals surface area contributed by atoms with Gasteiger partial charge in [0.05, 0.1) is 35.2 Å². The Hall–Kier alpha value is -2.54. The van der Waals surface area contributed by atoms with Crippen LogP contribution in [0.4, 0.5) is 0 Å². The lowest BCUT2D eigenvalue weighted by Gasteiger charge is -2.26. The molecule has 0 radical (unpaired) electrons. The van der Waals surface area contributed by atoms with Crippen molar-refractivity contribution in [3.63, 3.8) is 0 Å². The Kier molecular flexibility index (Phi) is 4.04. The summed E-state index contributed by atoms with van der Waals surface area (Å²) in [6.07, 6.45) is 11.8. The van der Waals surface area contributed by atoms with Crippen molar-refractivity contribution in [2.45, 2.75) is 32.2 Å². The molecule has 0 bridgehead atoms. The highest BCUT2D eigenvalue weighted by atomic mass is 32.1. The van der Waals surface area contributed by atoms with E-state index in [0.29, 0.717) is 18.5 Å². The van der Waals surface area contributed by atoms with Crippen molar-refractivity contribution in [2.75, 3.05) is 6.54 Å². The van der Waals surface area contributed by atoms with Gasteiger partial charge in [0.25, 0.3) is 0 Å². The summed E-state index contributed by atoms with van der Waals surface area (Å²) in [7, 11) is 0. The van der Waals surface area contributed by atoms with Crippen molar-refractivity contribution in [1.29, 1.82) is 0 Å². The van der Waals surface area contributed by atoms with Gasteiger partial charge in [-0.05, 0) is 36.1 Å². The van der Waals surface area contributed by atoms with Crippen LogP contribution in [0.5, 0.6) is 0 Å². The third-order valence-electron chi connectivity index (χ3n) is 5.91. The van der Waals surface area contributed by atoms with E-state index in [1.54, 1.807) is 29.9 Å². The minimum atomic E-state index is 0.216. The molecule has 7 heteroatoms. The second kappa shape index (κ2) is 6.56. The number of carbonyl (C=O) groups excluding carboxylic acids is 1. The van der Waals surface area contributed by atoms with Crippen molar-refractivity contribution in [3.8, 4) is 21.8 Å². The van der Waals surface area contributed by atoms with Gasteiger partial charge in [0.1, 0.15) is 0 Å². The lowest BCUT2D eigenvalue weighted by atomic mass is 9.80. The van der Waals surface area contributed by atoms with Gasteiger partial charge < -0.3 is 5.32 Å². The van der Waals surface area contributed by atoms with Gasteiger partial charge in [-0.25, -0.2) is 0 Å². The van der Waals surface area contributed by atoms with Gasteiger partial charge in [-0.15, -0.1) is 11.3 Å². The largest absolute Gasteiger partial charge is 0.354 e. The second-order valence-corrected chi connectivity index (χ2v) is 8.41. The number of carbonyl (C=O) groups is 1. The first kappa shape index (κ1) is 16.6. The van der Waals surface area contributed by atoms with Crippen molar-refractivity contribution in [3.05, 3.63) is 42.3 Å². The van der Waals surface area contributed by atoms with E-state index in [1.807, 2.05) is 16.9 Å². The topological polar surface area (TPSA) is 72.7 Å². The summed E-state index contributed by atoms with van der Waals surface area (Å²) in [5.41, 5.74) is 3.17. The molecule has 0 aliphatic heterocycles. The van der Waals surface area contributed by atoms with Gasteiger partial charge in [-0.1, -0.05) is 12.5 Å². The molecule has 5 rings (SSSR count). The SMILES string of the molecule is O=C(NCCn1ncc(-c2cnccn2)c1-c1cccs1)C1CC12CCC2. The number of amides is 1. The fraction of sp³-hybridized carbons (Fsp3) is 0.400. The molecule has 0 saturated heterocycles. The highest BCUT2D eigenvalue weighted by Gasteiger charge is 2.60. The summed E-state index contributed by atoms with van der Waals surface area (Å²) in [5.74, 6) is 0.462. The van der Waals surface area contributed by atoms with Crippen LogP contribution in [0.25, 0.3) is 21.8 Å². The van der Waals surface area contributed by atoms with Crippen LogP contribution in [0.2, 0.25) is 0 Å². The van der Waals surface area contributed by atoms with Gasteiger partial charge >= 0.3 is 0 Å². The van der Waals surface area contributed by atoms with Gasteiger partial charge in [0.2, 0.25) is 5.91 Å². The Morgan fingerprint density at radius 1 is 1.33 bits per heavy atom. The molecule has 0 aromatic carbocycles. The maximum atomic E-state index is 12.4. The van der Waals surface area contributed by atoms with E-state index in [4.69, 9.17) is 0 Å². The summed E-state index contributed by atoms with van der Waals surface area (Å²) in [6, 6.07) is 4.12. The van der Waals surface area contributed by atoms with Crippen LogP contribution in [-0.2, 0) is 11.3 Å². The molecule has 2 fully saturated rings. The zero-order chi connectivity index (χ0) is 18.3. The number of hydrogen-bond acceptors (Lipinski definition) is 5. The Morgan fingerprint density at radius 2 is 2.26 bits per heavy atom. The average molecular weight is 379 g/mol. The van der Waals surface area contributed by atoms with E-state index in [-0.39, 0.29) is 11.8 Å². The minimum absolute atomic E-state index is 0.216. The van der Waals surface area contributed by atoms with Gasteiger partial charge in [0.15, 0.2) is 0 Å². The standard InChI is InChI=1S/C20H21N5OS/c26-19(15-11-20(15)4-2-5-20)23-8-9-25-18(17-3-1-10-27-17)14(12-24-25)16-13-21-6-7-22-16/h1,3,6-7,10,12-13,15H,2,4-5,8-9,11H2,(H,23,26). The number of nitrogens with zero attached hydrogens (tertiary/aromatic N) is 4. The van der Waals surface area contributed by atoms with Gasteiger partial charge in [0, 0.05) is 30.4 Å². The normalized spacial score (nSPS) is 19.6. The molecule has 6 nitrogen and oxygen atoms in total. The maximum Gasteiger partial charge on any atom is 0.223 e. The number of aromatic nitrogens is 4. The molecule has 3 aromatic rings. The monoisotopic (exact) mass is 379 g/mol. The van der Waals surface area contributed by atoms with Crippen molar-refractivity contribution < 1.29 is 4.79 Å². The molecule has 3 heterocycles. The fourth-order valence-corrected chi connectivity index (χ4v) is 4.95. The number of hydrogen-bond donors (Lipinski definition) is 1. The van der Waals surface area contributed by atoms with E-state index >= 15 is 0 Å². The number of nitrogens with one attached hydrogen (secondary N) is 1. The zero-order valence-electron chi connectivity index (χ0n) is 15.0. The predicted octanol–water partition coefficient (Wildman–Crippen LogP) is 3.38. The van der Waals surface area contributed by atoms with Crippen LogP contribution in [0, 0.1) is 11.3 Å². The first-order valence-electron chi connectivity index (χ1n) is 9.41. The zero-order valence-corrected chi connectivity index (χ0v) is 15.8. The first-order chi connectivity index (χ1) is 13.3. The number of rotatable bonds is 6. The molecular formula is C20H21N5OS. The van der Waals surface area contributed by atoms with Crippen LogP contribution < -0.4 is 5.32 Å². The lowest BCUT2D eigenvalue weighted by Crippen LogP contribution is -2.32. The van der Waals surface area contributed by atoms with Crippen molar-refractivity contribution >= 4 is 17.2 Å². The Labute approximate surface area is 161 Å². The summed E-state index contributed by atoms with van der Waals surface area (Å²) in [5, 5.41) is 9.74. The molecule has 1 N–H and O–H groups in total. The minimum Gasteiger partial charge on any atom is -0.354 e. The molecule has 2 aliphatic rings. The molecule has 3 aromatic heterocycles. The molecule has 1 spiro atoms. The predicted molar refractivity (Wildman–Crippen MR) is 104 cm³/mol. The van der Waals surface area contributed by atoms with E-state index in [2.05, 4.69) is 31.8 Å². The van der Waals surface area contributed by atoms with Gasteiger partial charge in [-0.3, -0.25) is 19.4 Å². The van der Waals surface area contributed by atoms with E-state index in [0.717, 1.165) is 28.2 Å². The molecule has 1 amide bonds. The Balaban J connectivity index is 1.32. The van der Waals surface area contributed by atoms with Crippen LogP contribution in [0.3, 0.4) is 0 Å². The lowest BCUT2D eigenvalue weighted by molar-refractivity contribution is -0.123. The molecular weight excluding hydrogens is 358 g/mol. The van der Waals surface area contributed by atoms with Gasteiger partial charge in [-0.2, -0.15) is 5.10 Å². The van der Waals surface area contributed by atoms with E-state index in [9.17, 15) is 4.79 Å². The van der Waals surface area contributed by atoms with Crippen LogP contribution in [-0.4, -0.2) is 32.2 Å². The maximum absolute atomic E-state index is 12.4. The average Bonchev–Trinajstić information content (AvgIpc) is 3.00. The second-order valence-electron chi connectivity index (χ2n) is 7.46. The van der Waals surface area contributed by atoms with E-state index < -0.39 is 0 Å². The molecule has 1 unspecified atom stereocenters. The smallest absolute Gasteiger partial charge is 0.223 e. The molecule has 1 atom stereocenters. The summed E-state index contributed by atoms with van der Waals surface area (Å²) >= 11 is 1.67. The van der Waals surface area contributed by atoms with Crippen LogP contribution in [0.15, 0.2) is 42.3 Å². The highest BCUT2D eigenvalue weighted by molar-refractivity contribution is 7.13. The summed E-state index contributed by atoms with van der Waals surface area (Å²) < 4.78 is 1.96. The third-order valence-corrected chi connectivity index (χ3v) is 6.79. The third kappa shape index (κ3) is 2.96. The summed E-state index contributed by atoms with van der Waals surface area (Å²) in [6.45, 7) is 1.23. The Bertz CT molecular complexity index is 946. The molecule has 138 valence electrons. The first-order valence-corrected chi connectivity index (χ1v) is 10.3. The molecule has 27 heavy (non-hydrogen) atoms. The van der Waals surface area contributed by atoms with Crippen LogP contribution >= 0.6 is 11.3 Å². The summed E-state index contributed by atoms with van der Waals surface area (Å²) in [4.78, 5) is 22.1. The fourth-order valence-electron chi connectivity index (χ4n) is 4.16. The van der Waals surface area contributed by atoms with Crippen molar-refractivity contribution in [2.24, 2.45) is 11.3 Å². The molecule has 2 aliphatic carbocycles. The Morgan fingerprint density at radius 3 is 2.93 bits per heavy atom. The van der Waals surface area contributed by atoms with E-state index in [1.165, 1.54) is 19.3 Å². The van der Waals surface area contributed by atoms with Crippen LogP contribution in [0.1, 0.15) is 25.7 Å². The molecule has 2 saturated carbocycles. The highest BCUT2D eigenvalue weighted by Crippen LogP contribution is 2.65. The number of thiophene rings is 1. The quantitative estimate of drug-likeness (QED) is 0.713.